The van der Waals surface area contributed by atoms with E-state index in [1.165, 1.54) is 0 Å². The number of hydrogen-bond acceptors (Lipinski definition) is 4. The predicted octanol–water partition coefficient (Wildman–Crippen LogP) is -0.808. The van der Waals surface area contributed by atoms with Gasteiger partial charge in [-0.25, -0.2) is 4.79 Å². The lowest BCUT2D eigenvalue weighted by Gasteiger charge is -2.15. The Labute approximate surface area is 92.1 Å². The van der Waals surface area contributed by atoms with Gasteiger partial charge in [-0.2, -0.15) is 0 Å². The molecule has 0 aliphatic carbocycles. The molecule has 1 amide bonds. The molecule has 0 aliphatic rings. The Kier molecular flexibility index (Phi) is 6.09. The number of carbonyl (C=O) groups is 3. The van der Waals surface area contributed by atoms with E-state index in [-0.39, 0.29) is 19.3 Å². The van der Waals surface area contributed by atoms with Crippen molar-refractivity contribution in [3.8, 4) is 0 Å². The van der Waals surface area contributed by atoms with Crippen molar-refractivity contribution in [2.45, 2.75) is 38.3 Å². The van der Waals surface area contributed by atoms with Gasteiger partial charge >= 0.3 is 11.9 Å². The zero-order valence-electron chi connectivity index (χ0n) is 8.84. The first kappa shape index (κ1) is 14.4. The first-order chi connectivity index (χ1) is 7.38. The van der Waals surface area contributed by atoms with Crippen molar-refractivity contribution < 1.29 is 29.7 Å². The number of amides is 1. The van der Waals surface area contributed by atoms with Crippen molar-refractivity contribution in [2.75, 3.05) is 0 Å². The van der Waals surface area contributed by atoms with Crippen LogP contribution in [0.1, 0.15) is 26.2 Å². The SMILES string of the molecule is CCC(O)C(=O)N[C@@H](CCC(=O)O)C(=O)O. The van der Waals surface area contributed by atoms with E-state index in [9.17, 15) is 14.4 Å². The van der Waals surface area contributed by atoms with Crippen molar-refractivity contribution in [1.82, 2.24) is 5.32 Å². The zero-order chi connectivity index (χ0) is 12.7. The third kappa shape index (κ3) is 5.30. The van der Waals surface area contributed by atoms with E-state index in [1.54, 1.807) is 6.92 Å². The maximum absolute atomic E-state index is 11.2. The Balaban J connectivity index is 4.28. The van der Waals surface area contributed by atoms with Crippen LogP contribution < -0.4 is 5.32 Å². The van der Waals surface area contributed by atoms with E-state index in [1.807, 2.05) is 0 Å². The maximum Gasteiger partial charge on any atom is 0.326 e. The number of rotatable bonds is 7. The molecule has 0 aliphatic heterocycles. The molecular formula is C9H15NO6. The van der Waals surface area contributed by atoms with Gasteiger partial charge in [-0.1, -0.05) is 6.92 Å². The van der Waals surface area contributed by atoms with Crippen molar-refractivity contribution in [3.05, 3.63) is 0 Å². The number of aliphatic carboxylic acids is 2. The summed E-state index contributed by atoms with van der Waals surface area (Å²) in [6.07, 6.45) is -1.68. The molecule has 0 rings (SSSR count). The van der Waals surface area contributed by atoms with Crippen LogP contribution in [-0.4, -0.2) is 45.3 Å². The summed E-state index contributed by atoms with van der Waals surface area (Å²) in [6, 6.07) is -1.29. The van der Waals surface area contributed by atoms with Crippen LogP contribution in [0.3, 0.4) is 0 Å². The quantitative estimate of drug-likeness (QED) is 0.456. The van der Waals surface area contributed by atoms with Gasteiger partial charge in [0.2, 0.25) is 5.91 Å². The molecule has 0 aromatic heterocycles. The molecule has 0 aromatic carbocycles. The van der Waals surface area contributed by atoms with Gasteiger partial charge in [-0.3, -0.25) is 9.59 Å². The molecule has 7 nitrogen and oxygen atoms in total. The van der Waals surface area contributed by atoms with E-state index in [0.717, 1.165) is 0 Å². The first-order valence-electron chi connectivity index (χ1n) is 4.81. The molecule has 0 saturated heterocycles. The summed E-state index contributed by atoms with van der Waals surface area (Å²) in [4.78, 5) is 32.1. The van der Waals surface area contributed by atoms with Crippen LogP contribution in [0.2, 0.25) is 0 Å². The smallest absolute Gasteiger partial charge is 0.326 e. The van der Waals surface area contributed by atoms with E-state index in [2.05, 4.69) is 5.32 Å². The van der Waals surface area contributed by atoms with E-state index < -0.39 is 30.0 Å². The number of hydrogen-bond donors (Lipinski definition) is 4. The largest absolute Gasteiger partial charge is 0.481 e. The second-order valence-electron chi connectivity index (χ2n) is 3.26. The highest BCUT2D eigenvalue weighted by Crippen LogP contribution is 2.00. The third-order valence-corrected chi connectivity index (χ3v) is 1.95. The summed E-state index contributed by atoms with van der Waals surface area (Å²) in [7, 11) is 0. The molecule has 2 atom stereocenters. The maximum atomic E-state index is 11.2. The fraction of sp³-hybridized carbons (Fsp3) is 0.667. The molecule has 0 heterocycles. The summed E-state index contributed by atoms with van der Waals surface area (Å²) in [5, 5.41) is 28.3. The van der Waals surface area contributed by atoms with Gasteiger partial charge in [0.25, 0.3) is 0 Å². The molecule has 0 fully saturated rings. The van der Waals surface area contributed by atoms with E-state index in [4.69, 9.17) is 15.3 Å². The highest BCUT2D eigenvalue weighted by Gasteiger charge is 2.23. The molecule has 0 spiro atoms. The van der Waals surface area contributed by atoms with Crippen molar-refractivity contribution in [2.24, 2.45) is 0 Å². The highest BCUT2D eigenvalue weighted by atomic mass is 16.4. The number of aliphatic hydroxyl groups excluding tert-OH is 1. The molecule has 0 saturated carbocycles. The van der Waals surface area contributed by atoms with Gasteiger partial charge in [0, 0.05) is 6.42 Å². The van der Waals surface area contributed by atoms with Crippen LogP contribution in [-0.2, 0) is 14.4 Å². The summed E-state index contributed by atoms with van der Waals surface area (Å²) in [6.45, 7) is 1.57. The summed E-state index contributed by atoms with van der Waals surface area (Å²) in [5.41, 5.74) is 0. The van der Waals surface area contributed by atoms with Crippen LogP contribution in [0, 0.1) is 0 Å². The summed E-state index contributed by atoms with van der Waals surface area (Å²) >= 11 is 0. The van der Waals surface area contributed by atoms with Crippen LogP contribution >= 0.6 is 0 Å². The van der Waals surface area contributed by atoms with Crippen molar-refractivity contribution >= 4 is 17.8 Å². The number of carboxylic acids is 2. The fourth-order valence-electron chi connectivity index (χ4n) is 0.979. The molecular weight excluding hydrogens is 218 g/mol. The van der Waals surface area contributed by atoms with Crippen LogP contribution in [0.15, 0.2) is 0 Å². The van der Waals surface area contributed by atoms with Gasteiger partial charge in [0.15, 0.2) is 0 Å². The lowest BCUT2D eigenvalue weighted by molar-refractivity contribution is -0.144. The van der Waals surface area contributed by atoms with Crippen molar-refractivity contribution in [1.29, 1.82) is 0 Å². The molecule has 16 heavy (non-hydrogen) atoms. The Bertz CT molecular complexity index is 277. The Morgan fingerprint density at radius 2 is 1.81 bits per heavy atom. The standard InChI is InChI=1S/C9H15NO6/c1-2-6(11)8(14)10-5(9(15)16)3-4-7(12)13/h5-6,11H,2-4H2,1H3,(H,10,14)(H,12,13)(H,15,16)/t5-,6?/m0/s1. The second kappa shape index (κ2) is 6.78. The second-order valence-corrected chi connectivity index (χ2v) is 3.26. The van der Waals surface area contributed by atoms with E-state index in [0.29, 0.717) is 0 Å². The van der Waals surface area contributed by atoms with E-state index >= 15 is 0 Å². The summed E-state index contributed by atoms with van der Waals surface area (Å²) in [5.74, 6) is -3.27. The first-order valence-corrected chi connectivity index (χ1v) is 4.81. The van der Waals surface area contributed by atoms with Gasteiger partial charge in [0.1, 0.15) is 12.1 Å². The zero-order valence-corrected chi connectivity index (χ0v) is 8.84. The minimum atomic E-state index is -1.32. The number of nitrogens with one attached hydrogen (secondary N) is 1. The Morgan fingerprint density at radius 1 is 1.25 bits per heavy atom. The number of carbonyl (C=O) groups excluding carboxylic acids is 1. The van der Waals surface area contributed by atoms with Gasteiger partial charge in [-0.15, -0.1) is 0 Å². The number of aliphatic hydroxyl groups is 1. The molecule has 0 radical (unpaired) electrons. The molecule has 92 valence electrons. The van der Waals surface area contributed by atoms with Crippen LogP contribution in [0.4, 0.5) is 0 Å². The fourth-order valence-corrected chi connectivity index (χ4v) is 0.979. The molecule has 1 unspecified atom stereocenters. The monoisotopic (exact) mass is 233 g/mol. The summed E-state index contributed by atoms with van der Waals surface area (Å²) < 4.78 is 0. The minimum absolute atomic E-state index is 0.164. The predicted molar refractivity (Wildman–Crippen MR) is 52.7 cm³/mol. The number of carboxylic acid groups (broad SMARTS) is 2. The van der Waals surface area contributed by atoms with Crippen molar-refractivity contribution in [3.63, 3.8) is 0 Å². The van der Waals surface area contributed by atoms with Crippen LogP contribution in [0.25, 0.3) is 0 Å². The molecule has 0 bridgehead atoms. The van der Waals surface area contributed by atoms with Gasteiger partial charge in [0.05, 0.1) is 0 Å². The average Bonchev–Trinajstić information content (AvgIpc) is 2.21. The molecule has 4 N–H and O–H groups in total. The lowest BCUT2D eigenvalue weighted by atomic mass is 10.1. The highest BCUT2D eigenvalue weighted by molar-refractivity contribution is 5.86. The third-order valence-electron chi connectivity index (χ3n) is 1.95. The lowest BCUT2D eigenvalue weighted by Crippen LogP contribution is -2.45. The average molecular weight is 233 g/mol. The minimum Gasteiger partial charge on any atom is -0.481 e. The normalized spacial score (nSPS) is 13.9. The van der Waals surface area contributed by atoms with Gasteiger partial charge < -0.3 is 20.6 Å². The van der Waals surface area contributed by atoms with Gasteiger partial charge in [-0.05, 0) is 12.8 Å². The Hall–Kier alpha value is -1.63. The topological polar surface area (TPSA) is 124 Å². The van der Waals surface area contributed by atoms with Crippen LogP contribution in [0.5, 0.6) is 0 Å². The Morgan fingerprint density at radius 3 is 2.19 bits per heavy atom. The molecule has 0 aromatic rings. The molecule has 7 heteroatoms.